The highest BCUT2D eigenvalue weighted by atomic mass is 32.2. The van der Waals surface area contributed by atoms with Crippen LogP contribution in [0.3, 0.4) is 0 Å². The fraction of sp³-hybridized carbons (Fsp3) is 0.476. The molecular weight excluding hydrogens is 390 g/mol. The van der Waals surface area contributed by atoms with Crippen LogP contribution in [-0.4, -0.2) is 16.2 Å². The summed E-state index contributed by atoms with van der Waals surface area (Å²) in [6, 6.07) is 6.43. The third kappa shape index (κ3) is 3.82. The zero-order chi connectivity index (χ0) is 18.9. The van der Waals surface area contributed by atoms with Gasteiger partial charge in [0, 0.05) is 23.2 Å². The molecule has 1 aromatic carbocycles. The summed E-state index contributed by atoms with van der Waals surface area (Å²) in [7, 11) is 0. The summed E-state index contributed by atoms with van der Waals surface area (Å²) in [6.45, 7) is 0. The van der Waals surface area contributed by atoms with Gasteiger partial charge in [0.2, 0.25) is 5.13 Å². The fourth-order valence-electron chi connectivity index (χ4n) is 4.30. The number of aromatic nitrogens is 2. The van der Waals surface area contributed by atoms with Gasteiger partial charge in [-0.25, -0.2) is 4.79 Å². The average molecular weight is 414 g/mol. The fourth-order valence-corrected chi connectivity index (χ4v) is 6.12. The van der Waals surface area contributed by atoms with Crippen molar-refractivity contribution in [2.75, 3.05) is 5.32 Å². The van der Waals surface area contributed by atoms with Crippen LogP contribution in [0.2, 0.25) is 0 Å². The Morgan fingerprint density at radius 3 is 2.75 bits per heavy atom. The largest absolute Gasteiger partial charge is 0.423 e. The molecule has 7 heteroatoms. The first-order chi connectivity index (χ1) is 13.7. The maximum atomic E-state index is 12.0. The summed E-state index contributed by atoms with van der Waals surface area (Å²) in [6.07, 6.45) is 9.76. The number of rotatable bonds is 5. The van der Waals surface area contributed by atoms with E-state index >= 15 is 0 Å². The smallest absolute Gasteiger partial charge is 0.336 e. The van der Waals surface area contributed by atoms with Crippen molar-refractivity contribution in [2.24, 2.45) is 0 Å². The Balaban J connectivity index is 1.32. The zero-order valence-electron chi connectivity index (χ0n) is 15.7. The van der Waals surface area contributed by atoms with Crippen LogP contribution < -0.4 is 10.9 Å². The van der Waals surface area contributed by atoms with Crippen molar-refractivity contribution >= 4 is 39.2 Å². The lowest BCUT2D eigenvalue weighted by atomic mass is 9.96. The van der Waals surface area contributed by atoms with Crippen LogP contribution in [0.15, 0.2) is 31.8 Å². The second-order valence-electron chi connectivity index (χ2n) is 7.70. The van der Waals surface area contributed by atoms with Crippen LogP contribution in [-0.2, 0) is 18.6 Å². The van der Waals surface area contributed by atoms with Gasteiger partial charge in [-0.05, 0) is 60.9 Å². The van der Waals surface area contributed by atoms with Crippen LogP contribution in [0.25, 0.3) is 11.0 Å². The van der Waals surface area contributed by atoms with Crippen molar-refractivity contribution in [1.29, 1.82) is 0 Å². The van der Waals surface area contributed by atoms with E-state index in [0.717, 1.165) is 33.3 Å². The standard InChI is InChI=1S/C21H23N3O2S2/c25-19-11-15(17-9-13-5-4-6-14(13)10-18(17)26-19)12-27-21-24-23-20(28-21)22-16-7-2-1-3-8-16/h9-11,16H,1-8,12H2,(H,22,23). The Hall–Kier alpha value is -1.86. The second kappa shape index (κ2) is 7.87. The van der Waals surface area contributed by atoms with Gasteiger partial charge in [0.25, 0.3) is 0 Å². The topological polar surface area (TPSA) is 68.0 Å². The Morgan fingerprint density at radius 2 is 1.89 bits per heavy atom. The molecule has 5 rings (SSSR count). The minimum absolute atomic E-state index is 0.280. The number of hydrogen-bond acceptors (Lipinski definition) is 7. The van der Waals surface area contributed by atoms with Crippen LogP contribution in [0.5, 0.6) is 0 Å². The Labute approximate surface area is 171 Å². The predicted octanol–water partition coefficient (Wildman–Crippen LogP) is 5.17. The Kier molecular flexibility index (Phi) is 5.11. The number of fused-ring (bicyclic) bond motifs is 2. The summed E-state index contributed by atoms with van der Waals surface area (Å²) >= 11 is 3.24. The van der Waals surface area contributed by atoms with Crippen molar-refractivity contribution in [3.05, 3.63) is 45.3 Å². The molecule has 0 amide bonds. The molecule has 0 aliphatic heterocycles. The van der Waals surface area contributed by atoms with E-state index < -0.39 is 0 Å². The van der Waals surface area contributed by atoms with E-state index in [0.29, 0.717) is 17.4 Å². The molecule has 3 aromatic rings. The van der Waals surface area contributed by atoms with Crippen molar-refractivity contribution in [1.82, 2.24) is 10.2 Å². The first-order valence-electron chi connectivity index (χ1n) is 10.1. The summed E-state index contributed by atoms with van der Waals surface area (Å²) in [5, 5.41) is 14.1. The van der Waals surface area contributed by atoms with Crippen molar-refractivity contribution < 1.29 is 4.42 Å². The zero-order valence-corrected chi connectivity index (χ0v) is 17.3. The molecule has 0 spiro atoms. The number of thioether (sulfide) groups is 1. The number of nitrogens with one attached hydrogen (secondary N) is 1. The molecule has 2 heterocycles. The van der Waals surface area contributed by atoms with Gasteiger partial charge < -0.3 is 9.73 Å². The highest BCUT2D eigenvalue weighted by Crippen LogP contribution is 2.33. The molecule has 0 bridgehead atoms. The average Bonchev–Trinajstić information content (AvgIpc) is 3.34. The van der Waals surface area contributed by atoms with E-state index in [2.05, 4.69) is 27.6 Å². The summed E-state index contributed by atoms with van der Waals surface area (Å²) in [5.74, 6) is 0.693. The summed E-state index contributed by atoms with van der Waals surface area (Å²) < 4.78 is 6.40. The maximum absolute atomic E-state index is 12.0. The molecule has 0 atom stereocenters. The van der Waals surface area contributed by atoms with Gasteiger partial charge in [-0.3, -0.25) is 0 Å². The lowest BCUT2D eigenvalue weighted by Crippen LogP contribution is -2.21. The van der Waals surface area contributed by atoms with Crippen LogP contribution in [0, 0.1) is 0 Å². The quantitative estimate of drug-likeness (QED) is 0.460. The molecule has 0 radical (unpaired) electrons. The molecule has 1 fully saturated rings. The minimum Gasteiger partial charge on any atom is -0.423 e. The number of anilines is 1. The van der Waals surface area contributed by atoms with Crippen LogP contribution >= 0.6 is 23.1 Å². The summed E-state index contributed by atoms with van der Waals surface area (Å²) in [4.78, 5) is 12.0. The number of nitrogens with zero attached hydrogens (tertiary/aromatic N) is 2. The molecule has 0 unspecified atom stereocenters. The molecule has 2 aromatic heterocycles. The van der Waals surface area contributed by atoms with E-state index in [-0.39, 0.29) is 5.63 Å². The van der Waals surface area contributed by atoms with E-state index in [9.17, 15) is 4.79 Å². The molecular formula is C21H23N3O2S2. The highest BCUT2D eigenvalue weighted by molar-refractivity contribution is 8.00. The van der Waals surface area contributed by atoms with Crippen molar-refractivity contribution in [3.63, 3.8) is 0 Å². The predicted molar refractivity (Wildman–Crippen MR) is 114 cm³/mol. The lowest BCUT2D eigenvalue weighted by Gasteiger charge is -2.21. The molecule has 2 aliphatic rings. The van der Waals surface area contributed by atoms with E-state index in [1.54, 1.807) is 29.2 Å². The highest BCUT2D eigenvalue weighted by Gasteiger charge is 2.17. The summed E-state index contributed by atoms with van der Waals surface area (Å²) in [5.41, 5.74) is 4.16. The number of aryl methyl sites for hydroxylation is 2. The molecule has 146 valence electrons. The second-order valence-corrected chi connectivity index (χ2v) is 9.90. The van der Waals surface area contributed by atoms with Crippen LogP contribution in [0.4, 0.5) is 5.13 Å². The van der Waals surface area contributed by atoms with Gasteiger partial charge >= 0.3 is 5.63 Å². The van der Waals surface area contributed by atoms with E-state index in [1.807, 2.05) is 0 Å². The van der Waals surface area contributed by atoms with E-state index in [4.69, 9.17) is 4.42 Å². The van der Waals surface area contributed by atoms with E-state index in [1.165, 1.54) is 49.7 Å². The normalized spacial score (nSPS) is 17.1. The minimum atomic E-state index is -0.280. The van der Waals surface area contributed by atoms with Gasteiger partial charge in [-0.15, -0.1) is 10.2 Å². The molecule has 28 heavy (non-hydrogen) atoms. The SMILES string of the molecule is O=c1cc(CSc2nnc(NC3CCCCC3)s2)c2cc3c(cc2o1)CCC3. The van der Waals surface area contributed by atoms with Gasteiger partial charge in [0.15, 0.2) is 4.34 Å². The number of benzene rings is 1. The van der Waals surface area contributed by atoms with Gasteiger partial charge in [0.05, 0.1) is 0 Å². The number of hydrogen-bond donors (Lipinski definition) is 1. The first kappa shape index (κ1) is 18.2. The molecule has 0 saturated heterocycles. The molecule has 1 N–H and O–H groups in total. The van der Waals surface area contributed by atoms with Crippen LogP contribution in [0.1, 0.15) is 55.2 Å². The monoisotopic (exact) mass is 413 g/mol. The van der Waals surface area contributed by atoms with Gasteiger partial charge in [-0.2, -0.15) is 0 Å². The van der Waals surface area contributed by atoms with Crippen molar-refractivity contribution in [3.8, 4) is 0 Å². The van der Waals surface area contributed by atoms with Gasteiger partial charge in [-0.1, -0.05) is 42.4 Å². The molecule has 2 aliphatic carbocycles. The molecule has 1 saturated carbocycles. The third-order valence-corrected chi connectivity index (χ3v) is 7.77. The first-order valence-corrected chi connectivity index (χ1v) is 11.9. The third-order valence-electron chi connectivity index (χ3n) is 5.73. The Morgan fingerprint density at radius 1 is 1.07 bits per heavy atom. The van der Waals surface area contributed by atoms with Crippen molar-refractivity contribution in [2.45, 2.75) is 67.5 Å². The molecule has 5 nitrogen and oxygen atoms in total. The Bertz CT molecular complexity index is 1050. The van der Waals surface area contributed by atoms with Gasteiger partial charge in [0.1, 0.15) is 5.58 Å². The maximum Gasteiger partial charge on any atom is 0.336 e. The lowest BCUT2D eigenvalue weighted by molar-refractivity contribution is 0.462.